The Morgan fingerprint density at radius 3 is 2.79 bits per heavy atom. The normalized spacial score (nSPS) is 11.6. The van der Waals surface area contributed by atoms with Crippen LogP contribution in [0.4, 0.5) is 0 Å². The second-order valence-corrected chi connectivity index (χ2v) is 8.21. The summed E-state index contributed by atoms with van der Waals surface area (Å²) in [4.78, 5) is 18.5. The van der Waals surface area contributed by atoms with E-state index in [0.29, 0.717) is 35.9 Å². The first-order valence-corrected chi connectivity index (χ1v) is 9.62. The van der Waals surface area contributed by atoms with Crippen LogP contribution in [0, 0.1) is 0 Å². The van der Waals surface area contributed by atoms with Gasteiger partial charge in [0.2, 0.25) is 0 Å². The average Bonchev–Trinajstić information content (AvgIpc) is 3.08. The number of nitrogens with zero attached hydrogens (tertiary/aromatic N) is 4. The predicted molar refractivity (Wildman–Crippen MR) is 110 cm³/mol. The van der Waals surface area contributed by atoms with E-state index >= 15 is 0 Å². The highest BCUT2D eigenvalue weighted by Gasteiger charge is 2.20. The van der Waals surface area contributed by atoms with Crippen LogP contribution in [0.2, 0.25) is 5.02 Å². The molecule has 0 aliphatic rings. The highest BCUT2D eigenvalue weighted by Crippen LogP contribution is 2.33. The van der Waals surface area contributed by atoms with E-state index in [9.17, 15) is 4.79 Å². The molecule has 2 aromatic heterocycles. The fourth-order valence-corrected chi connectivity index (χ4v) is 3.10. The van der Waals surface area contributed by atoms with Gasteiger partial charge in [-0.05, 0) is 42.2 Å². The van der Waals surface area contributed by atoms with Gasteiger partial charge in [0.25, 0.3) is 5.91 Å². The maximum Gasteiger partial charge on any atom is 0.273 e. The fourth-order valence-electron chi connectivity index (χ4n) is 2.93. The quantitative estimate of drug-likeness (QED) is 0.581. The lowest BCUT2D eigenvalue weighted by Crippen LogP contribution is -2.29. The van der Waals surface area contributed by atoms with Crippen molar-refractivity contribution in [2.75, 3.05) is 20.2 Å². The summed E-state index contributed by atoms with van der Waals surface area (Å²) in [5.41, 5.74) is 2.04. The number of hydrogen-bond acceptors (Lipinski definition) is 4. The SMILES string of the molecule is CN(CCCOc1ccc(Cl)cc1C(C)(C)C)C(=O)c1cn2ncccc2n1. The topological polar surface area (TPSA) is 59.7 Å². The van der Waals surface area contributed by atoms with Gasteiger partial charge in [0.15, 0.2) is 5.65 Å². The predicted octanol–water partition coefficient (Wildman–Crippen LogP) is 4.22. The molecule has 0 atom stereocenters. The molecular formula is C21H25ClN4O2. The van der Waals surface area contributed by atoms with E-state index < -0.39 is 0 Å². The molecule has 7 heteroatoms. The third kappa shape index (κ3) is 4.62. The number of imidazole rings is 1. The van der Waals surface area contributed by atoms with Crippen LogP contribution in [-0.4, -0.2) is 45.6 Å². The van der Waals surface area contributed by atoms with Gasteiger partial charge in [-0.1, -0.05) is 32.4 Å². The minimum atomic E-state index is -0.132. The second-order valence-electron chi connectivity index (χ2n) is 7.77. The number of hydrogen-bond donors (Lipinski definition) is 0. The van der Waals surface area contributed by atoms with Crippen molar-refractivity contribution in [1.29, 1.82) is 0 Å². The van der Waals surface area contributed by atoms with Crippen molar-refractivity contribution >= 4 is 23.2 Å². The first-order valence-electron chi connectivity index (χ1n) is 9.24. The fraction of sp³-hybridized carbons (Fsp3) is 0.381. The molecule has 0 unspecified atom stereocenters. The van der Waals surface area contributed by atoms with Gasteiger partial charge in [-0.3, -0.25) is 4.79 Å². The lowest BCUT2D eigenvalue weighted by Gasteiger charge is -2.23. The molecule has 0 spiro atoms. The van der Waals surface area contributed by atoms with Gasteiger partial charge in [0.05, 0.1) is 12.8 Å². The number of rotatable bonds is 6. The Morgan fingerprint density at radius 1 is 1.29 bits per heavy atom. The molecule has 0 N–H and O–H groups in total. The average molecular weight is 401 g/mol. The van der Waals surface area contributed by atoms with E-state index in [1.807, 2.05) is 24.3 Å². The highest BCUT2D eigenvalue weighted by molar-refractivity contribution is 6.30. The molecule has 6 nitrogen and oxygen atoms in total. The Morgan fingerprint density at radius 2 is 2.07 bits per heavy atom. The number of carbonyl (C=O) groups is 1. The summed E-state index contributed by atoms with van der Waals surface area (Å²) >= 11 is 6.14. The van der Waals surface area contributed by atoms with E-state index in [0.717, 1.165) is 11.3 Å². The molecule has 0 aliphatic heterocycles. The van der Waals surface area contributed by atoms with Gasteiger partial charge < -0.3 is 9.64 Å². The summed E-state index contributed by atoms with van der Waals surface area (Å²) in [5.74, 6) is 0.699. The maximum absolute atomic E-state index is 12.6. The van der Waals surface area contributed by atoms with Gasteiger partial charge in [-0.25, -0.2) is 9.50 Å². The van der Waals surface area contributed by atoms with E-state index in [2.05, 4.69) is 30.9 Å². The molecule has 1 aromatic carbocycles. The summed E-state index contributed by atoms with van der Waals surface area (Å²) in [6.45, 7) is 7.46. The molecule has 0 saturated carbocycles. The Balaban J connectivity index is 1.56. The summed E-state index contributed by atoms with van der Waals surface area (Å²) in [5, 5.41) is 4.84. The number of fused-ring (bicyclic) bond motifs is 1. The van der Waals surface area contributed by atoms with Crippen molar-refractivity contribution < 1.29 is 9.53 Å². The first kappa shape index (κ1) is 20.1. The number of carbonyl (C=O) groups excluding carboxylic acids is 1. The molecule has 0 aliphatic carbocycles. The van der Waals surface area contributed by atoms with Crippen molar-refractivity contribution in [3.8, 4) is 5.75 Å². The molecule has 148 valence electrons. The molecular weight excluding hydrogens is 376 g/mol. The van der Waals surface area contributed by atoms with Crippen molar-refractivity contribution in [3.63, 3.8) is 0 Å². The van der Waals surface area contributed by atoms with Crippen molar-refractivity contribution in [2.45, 2.75) is 32.6 Å². The van der Waals surface area contributed by atoms with Crippen LogP contribution in [-0.2, 0) is 5.41 Å². The number of amides is 1. The number of halogens is 1. The van der Waals surface area contributed by atoms with Crippen LogP contribution < -0.4 is 4.74 Å². The third-order valence-corrected chi connectivity index (χ3v) is 4.68. The number of benzene rings is 1. The third-order valence-electron chi connectivity index (χ3n) is 4.45. The lowest BCUT2D eigenvalue weighted by atomic mass is 9.86. The Hall–Kier alpha value is -2.60. The summed E-state index contributed by atoms with van der Waals surface area (Å²) in [7, 11) is 1.77. The van der Waals surface area contributed by atoms with E-state index in [-0.39, 0.29) is 11.3 Å². The van der Waals surface area contributed by atoms with Crippen LogP contribution >= 0.6 is 11.6 Å². The minimum Gasteiger partial charge on any atom is -0.493 e. The van der Waals surface area contributed by atoms with Crippen LogP contribution in [0.1, 0.15) is 43.2 Å². The number of ether oxygens (including phenoxy) is 1. The molecule has 2 heterocycles. The monoisotopic (exact) mass is 400 g/mol. The van der Waals surface area contributed by atoms with Crippen LogP contribution in [0.25, 0.3) is 5.65 Å². The Labute approximate surface area is 170 Å². The standard InChI is InChI=1S/C21H25ClN4O2/c1-21(2,3)16-13-15(22)8-9-18(16)28-12-6-11-25(4)20(27)17-14-26-19(24-17)7-5-10-23-26/h5,7-10,13-14H,6,11-12H2,1-4H3. The van der Waals surface area contributed by atoms with Gasteiger partial charge in [-0.15, -0.1) is 0 Å². The summed E-state index contributed by atoms with van der Waals surface area (Å²) in [6.07, 6.45) is 4.01. The minimum absolute atomic E-state index is 0.0653. The molecule has 0 saturated heterocycles. The molecule has 0 fully saturated rings. The molecule has 28 heavy (non-hydrogen) atoms. The molecule has 0 bridgehead atoms. The van der Waals surface area contributed by atoms with Crippen molar-refractivity contribution in [2.24, 2.45) is 0 Å². The zero-order valence-corrected chi connectivity index (χ0v) is 17.4. The first-order chi connectivity index (χ1) is 13.3. The van der Waals surface area contributed by atoms with Gasteiger partial charge in [0.1, 0.15) is 11.4 Å². The van der Waals surface area contributed by atoms with Crippen LogP contribution in [0.5, 0.6) is 5.75 Å². The molecule has 3 aromatic rings. The van der Waals surface area contributed by atoms with Crippen molar-refractivity contribution in [1.82, 2.24) is 19.5 Å². The van der Waals surface area contributed by atoms with Crippen LogP contribution in [0.15, 0.2) is 42.7 Å². The van der Waals surface area contributed by atoms with Gasteiger partial charge in [0, 0.05) is 30.4 Å². The van der Waals surface area contributed by atoms with E-state index in [4.69, 9.17) is 16.3 Å². The van der Waals surface area contributed by atoms with Crippen molar-refractivity contribution in [3.05, 3.63) is 59.0 Å². The zero-order valence-electron chi connectivity index (χ0n) is 16.6. The van der Waals surface area contributed by atoms with E-state index in [1.54, 1.807) is 34.9 Å². The van der Waals surface area contributed by atoms with E-state index in [1.165, 1.54) is 0 Å². The highest BCUT2D eigenvalue weighted by atomic mass is 35.5. The summed E-state index contributed by atoms with van der Waals surface area (Å²) < 4.78 is 7.57. The lowest BCUT2D eigenvalue weighted by molar-refractivity contribution is 0.0782. The molecule has 0 radical (unpaired) electrons. The smallest absolute Gasteiger partial charge is 0.273 e. The maximum atomic E-state index is 12.6. The van der Waals surface area contributed by atoms with Gasteiger partial charge in [-0.2, -0.15) is 5.10 Å². The Bertz CT molecular complexity index is 945. The van der Waals surface area contributed by atoms with Gasteiger partial charge >= 0.3 is 0 Å². The molecule has 3 rings (SSSR count). The second kappa shape index (κ2) is 8.19. The number of aromatic nitrogens is 3. The summed E-state index contributed by atoms with van der Waals surface area (Å²) in [6, 6.07) is 9.29. The van der Waals surface area contributed by atoms with Crippen LogP contribution in [0.3, 0.4) is 0 Å². The Kier molecular flexibility index (Phi) is 5.89. The molecule has 1 amide bonds. The largest absolute Gasteiger partial charge is 0.493 e. The zero-order chi connectivity index (χ0) is 20.3.